The van der Waals surface area contributed by atoms with E-state index >= 15 is 0 Å². The van der Waals surface area contributed by atoms with Gasteiger partial charge in [-0.3, -0.25) is 0 Å². The number of pyridine rings is 1. The fourth-order valence-electron chi connectivity index (χ4n) is 2.35. The highest BCUT2D eigenvalue weighted by Crippen LogP contribution is 2.26. The SMILES string of the molecule is COc1ccc(F)cc1COc1cccc2ccc(C)nc12. The molecule has 1 aromatic heterocycles. The van der Waals surface area contributed by atoms with E-state index in [-0.39, 0.29) is 12.4 Å². The summed E-state index contributed by atoms with van der Waals surface area (Å²) in [6.07, 6.45) is 0. The molecule has 0 spiro atoms. The number of aromatic nitrogens is 1. The van der Waals surface area contributed by atoms with Crippen LogP contribution in [0.2, 0.25) is 0 Å². The van der Waals surface area contributed by atoms with Gasteiger partial charge in [0.25, 0.3) is 0 Å². The zero-order valence-electron chi connectivity index (χ0n) is 12.5. The number of rotatable bonds is 4. The molecule has 112 valence electrons. The Morgan fingerprint density at radius 1 is 1.05 bits per heavy atom. The Morgan fingerprint density at radius 3 is 2.73 bits per heavy atom. The Bertz CT molecular complexity index is 817. The van der Waals surface area contributed by atoms with Crippen molar-refractivity contribution in [1.82, 2.24) is 4.98 Å². The summed E-state index contributed by atoms with van der Waals surface area (Å²) < 4.78 is 24.5. The Kier molecular flexibility index (Phi) is 3.92. The quantitative estimate of drug-likeness (QED) is 0.720. The highest BCUT2D eigenvalue weighted by Gasteiger charge is 2.08. The maximum absolute atomic E-state index is 13.4. The third-order valence-corrected chi connectivity index (χ3v) is 3.45. The van der Waals surface area contributed by atoms with Crippen molar-refractivity contribution in [2.75, 3.05) is 7.11 Å². The van der Waals surface area contributed by atoms with Crippen molar-refractivity contribution in [2.24, 2.45) is 0 Å². The number of hydrogen-bond donors (Lipinski definition) is 0. The van der Waals surface area contributed by atoms with Gasteiger partial charge in [-0.1, -0.05) is 18.2 Å². The Balaban J connectivity index is 1.91. The van der Waals surface area contributed by atoms with E-state index in [4.69, 9.17) is 9.47 Å². The van der Waals surface area contributed by atoms with Crippen LogP contribution in [-0.4, -0.2) is 12.1 Å². The molecule has 3 nitrogen and oxygen atoms in total. The normalized spacial score (nSPS) is 10.7. The van der Waals surface area contributed by atoms with Crippen LogP contribution in [0, 0.1) is 12.7 Å². The van der Waals surface area contributed by atoms with Crippen LogP contribution in [0.5, 0.6) is 11.5 Å². The number of para-hydroxylation sites is 1. The van der Waals surface area contributed by atoms with E-state index in [1.807, 2.05) is 37.3 Å². The van der Waals surface area contributed by atoms with E-state index in [9.17, 15) is 4.39 Å². The van der Waals surface area contributed by atoms with Crippen LogP contribution < -0.4 is 9.47 Å². The molecule has 3 aromatic rings. The van der Waals surface area contributed by atoms with Gasteiger partial charge in [-0.2, -0.15) is 0 Å². The average molecular weight is 297 g/mol. The molecule has 1 heterocycles. The minimum absolute atomic E-state index is 0.218. The molecule has 22 heavy (non-hydrogen) atoms. The minimum Gasteiger partial charge on any atom is -0.496 e. The molecule has 0 radical (unpaired) electrons. The molecule has 0 fully saturated rings. The summed E-state index contributed by atoms with van der Waals surface area (Å²) in [6.45, 7) is 2.15. The summed E-state index contributed by atoms with van der Waals surface area (Å²) >= 11 is 0. The smallest absolute Gasteiger partial charge is 0.146 e. The summed E-state index contributed by atoms with van der Waals surface area (Å²) in [5, 5.41) is 1.01. The monoisotopic (exact) mass is 297 g/mol. The number of methoxy groups -OCH3 is 1. The summed E-state index contributed by atoms with van der Waals surface area (Å²) in [5.74, 6) is 0.963. The molecule has 2 aromatic carbocycles. The van der Waals surface area contributed by atoms with Crippen molar-refractivity contribution in [1.29, 1.82) is 0 Å². The lowest BCUT2D eigenvalue weighted by Crippen LogP contribution is -2.00. The van der Waals surface area contributed by atoms with Crippen LogP contribution in [0.4, 0.5) is 4.39 Å². The van der Waals surface area contributed by atoms with Crippen molar-refractivity contribution in [2.45, 2.75) is 13.5 Å². The number of nitrogens with zero attached hydrogens (tertiary/aromatic N) is 1. The molecule has 3 rings (SSSR count). The van der Waals surface area contributed by atoms with Gasteiger partial charge in [0, 0.05) is 16.6 Å². The number of benzene rings is 2. The first kappa shape index (κ1) is 14.3. The van der Waals surface area contributed by atoms with Crippen LogP contribution in [0.25, 0.3) is 10.9 Å². The van der Waals surface area contributed by atoms with Crippen LogP contribution in [0.1, 0.15) is 11.3 Å². The van der Waals surface area contributed by atoms with E-state index < -0.39 is 0 Å². The van der Waals surface area contributed by atoms with E-state index in [1.165, 1.54) is 12.1 Å². The second-order valence-corrected chi connectivity index (χ2v) is 5.03. The Morgan fingerprint density at radius 2 is 1.91 bits per heavy atom. The highest BCUT2D eigenvalue weighted by molar-refractivity contribution is 5.84. The number of ether oxygens (including phenoxy) is 2. The van der Waals surface area contributed by atoms with E-state index in [0.717, 1.165) is 16.6 Å². The number of fused-ring (bicyclic) bond motifs is 1. The van der Waals surface area contributed by atoms with Crippen LogP contribution >= 0.6 is 0 Å². The van der Waals surface area contributed by atoms with Gasteiger partial charge in [0.05, 0.1) is 7.11 Å². The molecule has 4 heteroatoms. The van der Waals surface area contributed by atoms with Crippen LogP contribution in [0.15, 0.2) is 48.5 Å². The maximum atomic E-state index is 13.4. The van der Waals surface area contributed by atoms with Crippen molar-refractivity contribution < 1.29 is 13.9 Å². The van der Waals surface area contributed by atoms with E-state index in [2.05, 4.69) is 4.98 Å². The van der Waals surface area contributed by atoms with E-state index in [1.54, 1.807) is 13.2 Å². The molecule has 0 N–H and O–H groups in total. The number of hydrogen-bond acceptors (Lipinski definition) is 3. The lowest BCUT2D eigenvalue weighted by Gasteiger charge is -2.12. The Labute approximate surface area is 128 Å². The third kappa shape index (κ3) is 2.86. The minimum atomic E-state index is -0.314. The zero-order chi connectivity index (χ0) is 15.5. The first-order chi connectivity index (χ1) is 10.7. The molecule has 0 unspecified atom stereocenters. The van der Waals surface area contributed by atoms with Gasteiger partial charge >= 0.3 is 0 Å². The number of halogens is 1. The van der Waals surface area contributed by atoms with Gasteiger partial charge < -0.3 is 9.47 Å². The molecule has 0 saturated carbocycles. The molecular formula is C18H16FNO2. The van der Waals surface area contributed by atoms with Crippen molar-refractivity contribution in [3.8, 4) is 11.5 Å². The molecule has 0 saturated heterocycles. The lowest BCUT2D eigenvalue weighted by molar-refractivity contribution is 0.298. The predicted octanol–water partition coefficient (Wildman–Crippen LogP) is 4.27. The second-order valence-electron chi connectivity index (χ2n) is 5.03. The summed E-state index contributed by atoms with van der Waals surface area (Å²) in [5.41, 5.74) is 2.39. The van der Waals surface area contributed by atoms with Gasteiger partial charge in [-0.15, -0.1) is 0 Å². The lowest BCUT2D eigenvalue weighted by atomic mass is 10.2. The van der Waals surface area contributed by atoms with Crippen LogP contribution in [0.3, 0.4) is 0 Å². The molecular weight excluding hydrogens is 281 g/mol. The molecule has 0 atom stereocenters. The van der Waals surface area contributed by atoms with E-state index in [0.29, 0.717) is 17.1 Å². The van der Waals surface area contributed by atoms with Crippen molar-refractivity contribution in [3.63, 3.8) is 0 Å². The fraction of sp³-hybridized carbons (Fsp3) is 0.167. The van der Waals surface area contributed by atoms with Gasteiger partial charge in [-0.25, -0.2) is 9.37 Å². The average Bonchev–Trinajstić information content (AvgIpc) is 2.53. The van der Waals surface area contributed by atoms with Crippen molar-refractivity contribution in [3.05, 3.63) is 65.6 Å². The molecule has 0 aliphatic rings. The molecule has 0 aliphatic heterocycles. The second kappa shape index (κ2) is 6.02. The molecule has 0 aliphatic carbocycles. The highest BCUT2D eigenvalue weighted by atomic mass is 19.1. The maximum Gasteiger partial charge on any atom is 0.146 e. The van der Waals surface area contributed by atoms with Gasteiger partial charge in [0.2, 0.25) is 0 Å². The predicted molar refractivity (Wildman–Crippen MR) is 83.8 cm³/mol. The van der Waals surface area contributed by atoms with Gasteiger partial charge in [0.1, 0.15) is 29.4 Å². The largest absolute Gasteiger partial charge is 0.496 e. The topological polar surface area (TPSA) is 31.4 Å². The third-order valence-electron chi connectivity index (χ3n) is 3.45. The first-order valence-electron chi connectivity index (χ1n) is 6.99. The van der Waals surface area contributed by atoms with Gasteiger partial charge in [-0.05, 0) is 37.3 Å². The fourth-order valence-corrected chi connectivity index (χ4v) is 2.35. The van der Waals surface area contributed by atoms with Crippen molar-refractivity contribution >= 4 is 10.9 Å². The summed E-state index contributed by atoms with van der Waals surface area (Å²) in [7, 11) is 1.56. The summed E-state index contributed by atoms with van der Waals surface area (Å²) in [6, 6.07) is 14.1. The first-order valence-corrected chi connectivity index (χ1v) is 6.99. The van der Waals surface area contributed by atoms with Gasteiger partial charge in [0.15, 0.2) is 0 Å². The summed E-state index contributed by atoms with van der Waals surface area (Å²) in [4.78, 5) is 4.52. The van der Waals surface area contributed by atoms with Crippen LogP contribution in [-0.2, 0) is 6.61 Å². The molecule has 0 amide bonds. The zero-order valence-corrected chi connectivity index (χ0v) is 12.5. The standard InChI is InChI=1S/C18H16FNO2/c1-12-6-7-13-4-3-5-17(18(13)20-12)22-11-14-10-15(19)8-9-16(14)21-2/h3-10H,11H2,1-2H3. The Hall–Kier alpha value is -2.62. The number of aryl methyl sites for hydroxylation is 1. The molecule has 0 bridgehead atoms.